The maximum absolute atomic E-state index is 11.8. The molecule has 0 bridgehead atoms. The molecule has 1 aliphatic rings. The van der Waals surface area contributed by atoms with Gasteiger partial charge in [-0.1, -0.05) is 0 Å². The fourth-order valence-corrected chi connectivity index (χ4v) is 1.94. The van der Waals surface area contributed by atoms with E-state index in [2.05, 4.69) is 10.1 Å². The Morgan fingerprint density at radius 2 is 2.05 bits per heavy atom. The first-order chi connectivity index (χ1) is 8.81. The van der Waals surface area contributed by atoms with Gasteiger partial charge in [0.05, 0.1) is 13.7 Å². The highest BCUT2D eigenvalue weighted by molar-refractivity contribution is 5.71. The van der Waals surface area contributed by atoms with Crippen molar-refractivity contribution in [2.45, 2.75) is 32.8 Å². The Labute approximate surface area is 114 Å². The molecule has 0 aromatic rings. The number of carbonyl (C=O) groups excluding carboxylic acids is 2. The first kappa shape index (κ1) is 15.8. The summed E-state index contributed by atoms with van der Waals surface area (Å²) < 4.78 is 9.87. The summed E-state index contributed by atoms with van der Waals surface area (Å²) in [6.45, 7) is 7.86. The molecule has 1 fully saturated rings. The minimum Gasteiger partial charge on any atom is -0.468 e. The normalized spacial score (nSPS) is 19.4. The molecule has 1 aliphatic heterocycles. The van der Waals surface area contributed by atoms with Gasteiger partial charge < -0.3 is 19.7 Å². The van der Waals surface area contributed by atoms with Gasteiger partial charge >= 0.3 is 12.1 Å². The summed E-state index contributed by atoms with van der Waals surface area (Å²) in [6.07, 6.45) is 0.663. The SMILES string of the molecule is COC(=O)CNCC1CCN(C(=O)OC(C)(C)C)C1. The van der Waals surface area contributed by atoms with E-state index >= 15 is 0 Å². The van der Waals surface area contributed by atoms with E-state index in [-0.39, 0.29) is 18.6 Å². The summed E-state index contributed by atoms with van der Waals surface area (Å²) >= 11 is 0. The maximum atomic E-state index is 11.8. The highest BCUT2D eigenvalue weighted by Crippen LogP contribution is 2.18. The molecule has 1 saturated heterocycles. The molecule has 19 heavy (non-hydrogen) atoms. The van der Waals surface area contributed by atoms with E-state index in [1.165, 1.54) is 7.11 Å². The molecule has 0 aliphatic carbocycles. The Balaban J connectivity index is 2.26. The van der Waals surface area contributed by atoms with Crippen LogP contribution in [0.4, 0.5) is 4.79 Å². The van der Waals surface area contributed by atoms with Crippen molar-refractivity contribution < 1.29 is 19.1 Å². The number of nitrogens with one attached hydrogen (secondary N) is 1. The quantitative estimate of drug-likeness (QED) is 0.773. The van der Waals surface area contributed by atoms with Gasteiger partial charge in [0.2, 0.25) is 0 Å². The molecular weight excluding hydrogens is 248 g/mol. The Hall–Kier alpha value is -1.30. The Morgan fingerprint density at radius 1 is 1.37 bits per heavy atom. The number of esters is 1. The van der Waals surface area contributed by atoms with E-state index in [1.807, 2.05) is 20.8 Å². The number of rotatable bonds is 4. The molecule has 6 heteroatoms. The van der Waals surface area contributed by atoms with Gasteiger partial charge in [-0.25, -0.2) is 4.79 Å². The first-order valence-electron chi connectivity index (χ1n) is 6.57. The average Bonchev–Trinajstić information content (AvgIpc) is 2.75. The van der Waals surface area contributed by atoms with E-state index < -0.39 is 5.60 Å². The second-order valence-electron chi connectivity index (χ2n) is 5.79. The zero-order valence-electron chi connectivity index (χ0n) is 12.2. The van der Waals surface area contributed by atoms with Gasteiger partial charge in [-0.05, 0) is 33.1 Å². The smallest absolute Gasteiger partial charge is 0.410 e. The third-order valence-corrected chi connectivity index (χ3v) is 2.87. The van der Waals surface area contributed by atoms with Gasteiger partial charge in [-0.2, -0.15) is 0 Å². The number of carbonyl (C=O) groups is 2. The van der Waals surface area contributed by atoms with E-state index in [0.29, 0.717) is 25.6 Å². The lowest BCUT2D eigenvalue weighted by Gasteiger charge is -2.24. The molecule has 1 N–H and O–H groups in total. The van der Waals surface area contributed by atoms with Crippen molar-refractivity contribution in [1.29, 1.82) is 0 Å². The van der Waals surface area contributed by atoms with Crippen molar-refractivity contribution >= 4 is 12.1 Å². The van der Waals surface area contributed by atoms with E-state index in [9.17, 15) is 9.59 Å². The number of hydrogen-bond acceptors (Lipinski definition) is 5. The number of hydrogen-bond donors (Lipinski definition) is 1. The van der Waals surface area contributed by atoms with Crippen LogP contribution in [0.5, 0.6) is 0 Å². The summed E-state index contributed by atoms with van der Waals surface area (Å²) in [5, 5.41) is 3.03. The summed E-state index contributed by atoms with van der Waals surface area (Å²) in [5.41, 5.74) is -0.460. The minimum absolute atomic E-state index is 0.208. The van der Waals surface area contributed by atoms with E-state index in [1.54, 1.807) is 4.90 Å². The molecule has 0 spiro atoms. The molecule has 1 unspecified atom stereocenters. The van der Waals surface area contributed by atoms with E-state index in [0.717, 1.165) is 6.42 Å². The summed E-state index contributed by atoms with van der Waals surface area (Å²) in [6, 6.07) is 0. The Bertz CT molecular complexity index is 325. The van der Waals surface area contributed by atoms with Crippen LogP contribution >= 0.6 is 0 Å². The summed E-state index contributed by atoms with van der Waals surface area (Å²) in [4.78, 5) is 24.5. The lowest BCUT2D eigenvalue weighted by Crippen LogP contribution is -2.36. The van der Waals surface area contributed by atoms with E-state index in [4.69, 9.17) is 4.74 Å². The fourth-order valence-electron chi connectivity index (χ4n) is 1.94. The van der Waals surface area contributed by atoms with Gasteiger partial charge in [0.1, 0.15) is 5.60 Å². The van der Waals surface area contributed by atoms with Crippen LogP contribution < -0.4 is 5.32 Å². The van der Waals surface area contributed by atoms with Crippen molar-refractivity contribution in [3.05, 3.63) is 0 Å². The molecule has 0 saturated carbocycles. The van der Waals surface area contributed by atoms with Gasteiger partial charge in [-0.15, -0.1) is 0 Å². The van der Waals surface area contributed by atoms with Crippen LogP contribution in [0.2, 0.25) is 0 Å². The highest BCUT2D eigenvalue weighted by atomic mass is 16.6. The largest absolute Gasteiger partial charge is 0.468 e. The molecular formula is C13H24N2O4. The molecule has 6 nitrogen and oxygen atoms in total. The first-order valence-corrected chi connectivity index (χ1v) is 6.57. The number of methoxy groups -OCH3 is 1. The number of ether oxygens (including phenoxy) is 2. The number of nitrogens with zero attached hydrogens (tertiary/aromatic N) is 1. The van der Waals surface area contributed by atoms with Crippen LogP contribution in [0.25, 0.3) is 0 Å². The maximum Gasteiger partial charge on any atom is 0.410 e. The van der Waals surface area contributed by atoms with Crippen molar-refractivity contribution in [1.82, 2.24) is 10.2 Å². The minimum atomic E-state index is -0.460. The Kier molecular flexibility index (Phi) is 5.60. The summed E-state index contributed by atoms with van der Waals surface area (Å²) in [5.74, 6) is 0.0826. The standard InChI is InChI=1S/C13H24N2O4/c1-13(2,3)19-12(17)15-6-5-10(9-15)7-14-8-11(16)18-4/h10,14H,5-9H2,1-4H3. The van der Waals surface area contributed by atoms with Crippen LogP contribution in [0, 0.1) is 5.92 Å². The zero-order chi connectivity index (χ0) is 14.5. The molecule has 1 amide bonds. The van der Waals surface area contributed by atoms with Crippen molar-refractivity contribution in [3.8, 4) is 0 Å². The number of amides is 1. The molecule has 0 radical (unpaired) electrons. The molecule has 1 heterocycles. The second-order valence-corrected chi connectivity index (χ2v) is 5.79. The lowest BCUT2D eigenvalue weighted by atomic mass is 10.1. The monoisotopic (exact) mass is 272 g/mol. The predicted molar refractivity (Wildman–Crippen MR) is 70.8 cm³/mol. The van der Waals surface area contributed by atoms with Gasteiger partial charge in [0.25, 0.3) is 0 Å². The lowest BCUT2D eigenvalue weighted by molar-refractivity contribution is -0.139. The van der Waals surface area contributed by atoms with Gasteiger partial charge in [0, 0.05) is 19.6 Å². The highest BCUT2D eigenvalue weighted by Gasteiger charge is 2.29. The summed E-state index contributed by atoms with van der Waals surface area (Å²) in [7, 11) is 1.36. The fraction of sp³-hybridized carbons (Fsp3) is 0.846. The van der Waals surface area contributed by atoms with Gasteiger partial charge in [0.15, 0.2) is 0 Å². The van der Waals surface area contributed by atoms with Crippen LogP contribution in [0.1, 0.15) is 27.2 Å². The Morgan fingerprint density at radius 3 is 2.63 bits per heavy atom. The predicted octanol–water partition coefficient (Wildman–Crippen LogP) is 1.01. The third-order valence-electron chi connectivity index (χ3n) is 2.87. The van der Waals surface area contributed by atoms with Crippen LogP contribution in [-0.4, -0.2) is 55.9 Å². The van der Waals surface area contributed by atoms with Crippen molar-refractivity contribution in [2.75, 3.05) is 33.3 Å². The number of likely N-dealkylation sites (tertiary alicyclic amines) is 1. The van der Waals surface area contributed by atoms with Crippen LogP contribution in [-0.2, 0) is 14.3 Å². The zero-order valence-corrected chi connectivity index (χ0v) is 12.2. The van der Waals surface area contributed by atoms with Crippen LogP contribution in [0.3, 0.4) is 0 Å². The van der Waals surface area contributed by atoms with Crippen LogP contribution in [0.15, 0.2) is 0 Å². The topological polar surface area (TPSA) is 67.9 Å². The van der Waals surface area contributed by atoms with Crippen molar-refractivity contribution in [3.63, 3.8) is 0 Å². The third kappa shape index (κ3) is 5.92. The molecule has 0 aromatic heterocycles. The van der Waals surface area contributed by atoms with Gasteiger partial charge in [-0.3, -0.25) is 4.79 Å². The van der Waals surface area contributed by atoms with Crippen molar-refractivity contribution in [2.24, 2.45) is 5.92 Å². The second kappa shape index (κ2) is 6.75. The molecule has 1 atom stereocenters. The average molecular weight is 272 g/mol. The molecule has 0 aromatic carbocycles. The molecule has 110 valence electrons. The molecule has 1 rings (SSSR count).